The molecule has 0 bridgehead atoms. The third-order valence-electron chi connectivity index (χ3n) is 1.77. The van der Waals surface area contributed by atoms with Crippen molar-refractivity contribution in [1.82, 2.24) is 0 Å². The lowest BCUT2D eigenvalue weighted by Crippen LogP contribution is -2.21. The van der Waals surface area contributed by atoms with Crippen LogP contribution in [0.1, 0.15) is 26.2 Å². The molecule has 0 spiro atoms. The minimum atomic E-state index is -0.241. The minimum Gasteiger partial charge on any atom is -0.461 e. The van der Waals surface area contributed by atoms with Gasteiger partial charge in [-0.1, -0.05) is 0 Å². The van der Waals surface area contributed by atoms with Gasteiger partial charge in [-0.3, -0.25) is 0 Å². The fraction of sp³-hybridized carbons (Fsp3) is 0.889. The lowest BCUT2D eigenvalue weighted by atomic mass is 10.2. The van der Waals surface area contributed by atoms with Crippen molar-refractivity contribution in [2.45, 2.75) is 26.2 Å². The molecule has 0 aromatic rings. The number of ether oxygens (including phenoxy) is 1. The summed E-state index contributed by atoms with van der Waals surface area (Å²) in [6, 6.07) is 0. The highest BCUT2D eigenvalue weighted by Crippen LogP contribution is 1.94. The third kappa shape index (κ3) is 8.07. The first-order valence-electron chi connectivity index (χ1n) is 4.98. The normalized spacial score (nSPS) is 9.86. The molecule has 0 radical (unpaired) electrons. The van der Waals surface area contributed by atoms with Gasteiger partial charge in [0.2, 0.25) is 0 Å². The van der Waals surface area contributed by atoms with Crippen LogP contribution in [0.5, 0.6) is 0 Å². The summed E-state index contributed by atoms with van der Waals surface area (Å²) in [6.07, 6.45) is 2.88. The lowest BCUT2D eigenvalue weighted by Gasteiger charge is -2.01. The van der Waals surface area contributed by atoms with Crippen molar-refractivity contribution in [2.24, 2.45) is 5.73 Å². The quantitative estimate of drug-likeness (QED) is 0.365. The SMILES string of the molecule is CC[N+](=S)CC(=O)OCCCCCN. The summed E-state index contributed by atoms with van der Waals surface area (Å²) in [7, 11) is 0. The number of nitrogens with zero attached hydrogens (tertiary/aromatic N) is 1. The summed E-state index contributed by atoms with van der Waals surface area (Å²) in [5.74, 6) is -0.241. The van der Waals surface area contributed by atoms with Gasteiger partial charge in [0.15, 0.2) is 6.54 Å². The minimum absolute atomic E-state index is 0.197. The number of rotatable bonds is 8. The molecule has 0 amide bonds. The van der Waals surface area contributed by atoms with Gasteiger partial charge in [-0.25, -0.2) is 4.79 Å². The number of carbonyl (C=O) groups excluding carboxylic acids is 1. The monoisotopic (exact) mass is 219 g/mol. The van der Waals surface area contributed by atoms with Crippen molar-refractivity contribution in [3.05, 3.63) is 0 Å². The maximum atomic E-state index is 11.1. The highest BCUT2D eigenvalue weighted by Gasteiger charge is 2.10. The first kappa shape index (κ1) is 13.4. The van der Waals surface area contributed by atoms with Crippen LogP contribution in [0.15, 0.2) is 0 Å². The lowest BCUT2D eigenvalue weighted by molar-refractivity contribution is -0.485. The van der Waals surface area contributed by atoms with Crippen molar-refractivity contribution in [3.8, 4) is 0 Å². The molecule has 5 heteroatoms. The second-order valence-corrected chi connectivity index (χ2v) is 3.54. The number of hydrogen-bond donors (Lipinski definition) is 1. The van der Waals surface area contributed by atoms with Crippen LogP contribution in [0, 0.1) is 0 Å². The van der Waals surface area contributed by atoms with Crippen molar-refractivity contribution in [2.75, 3.05) is 26.2 Å². The summed E-state index contributed by atoms with van der Waals surface area (Å²) in [5, 5.41) is 0. The van der Waals surface area contributed by atoms with Gasteiger partial charge < -0.3 is 10.5 Å². The Bertz CT molecular complexity index is 186. The van der Waals surface area contributed by atoms with E-state index < -0.39 is 0 Å². The van der Waals surface area contributed by atoms with E-state index in [2.05, 4.69) is 0 Å². The molecule has 82 valence electrons. The van der Waals surface area contributed by atoms with Gasteiger partial charge in [-0.2, -0.15) is 0 Å². The molecule has 4 nitrogen and oxygen atoms in total. The fourth-order valence-corrected chi connectivity index (χ4v) is 1.02. The van der Waals surface area contributed by atoms with Gasteiger partial charge in [0.1, 0.15) is 0 Å². The number of hydrogen-bond acceptors (Lipinski definition) is 4. The fourth-order valence-electron chi connectivity index (χ4n) is 0.911. The molecule has 0 rings (SSSR count). The Morgan fingerprint density at radius 3 is 2.71 bits per heavy atom. The summed E-state index contributed by atoms with van der Waals surface area (Å²) >= 11 is 4.85. The maximum Gasteiger partial charge on any atom is 0.373 e. The Kier molecular flexibility index (Phi) is 8.67. The zero-order valence-corrected chi connectivity index (χ0v) is 9.52. The Hall–Kier alpha value is -0.550. The molecule has 0 heterocycles. The average molecular weight is 219 g/mol. The molecule has 0 saturated carbocycles. The van der Waals surface area contributed by atoms with E-state index in [1.165, 1.54) is 3.95 Å². The standard InChI is InChI=1S/C9H19N2O2S/c1-2-11(14)8-9(12)13-7-5-3-4-6-10/h2-8,10H2,1H3/q+1. The molecule has 0 atom stereocenters. The van der Waals surface area contributed by atoms with Crippen LogP contribution in [0.25, 0.3) is 0 Å². The zero-order chi connectivity index (χ0) is 10.8. The molecule has 0 aliphatic rings. The van der Waals surface area contributed by atoms with Crippen molar-refractivity contribution >= 4 is 18.4 Å². The van der Waals surface area contributed by atoms with Gasteiger partial charge in [0, 0.05) is 0 Å². The Labute approximate surface area is 90.6 Å². The molecule has 0 aliphatic carbocycles. The number of nitrogens with two attached hydrogens (primary N) is 1. The number of unbranched alkanes of at least 4 members (excludes halogenated alkanes) is 2. The molecule has 0 fully saturated rings. The molecule has 14 heavy (non-hydrogen) atoms. The van der Waals surface area contributed by atoms with E-state index in [1.54, 1.807) is 0 Å². The average Bonchev–Trinajstić information content (AvgIpc) is 2.17. The summed E-state index contributed by atoms with van der Waals surface area (Å²) in [4.78, 5) is 11.1. The van der Waals surface area contributed by atoms with Crippen LogP contribution < -0.4 is 5.73 Å². The molecular formula is C9H19N2O2S+. The zero-order valence-electron chi connectivity index (χ0n) is 8.70. The second kappa shape index (κ2) is 9.02. The van der Waals surface area contributed by atoms with E-state index in [1.807, 2.05) is 6.92 Å². The molecule has 0 aromatic carbocycles. The van der Waals surface area contributed by atoms with Crippen LogP contribution in [-0.4, -0.2) is 36.2 Å². The van der Waals surface area contributed by atoms with Crippen LogP contribution in [-0.2, 0) is 22.0 Å². The summed E-state index contributed by atoms with van der Waals surface area (Å²) < 4.78 is 6.48. The third-order valence-corrected chi connectivity index (χ3v) is 2.16. The molecule has 0 aliphatic heterocycles. The number of likely N-dealkylation sites (N-methyl/N-ethyl adjacent to an activating group) is 1. The smallest absolute Gasteiger partial charge is 0.373 e. The van der Waals surface area contributed by atoms with Gasteiger partial charge in [-0.05, 0) is 32.7 Å². The Morgan fingerprint density at radius 1 is 1.43 bits per heavy atom. The van der Waals surface area contributed by atoms with Gasteiger partial charge in [-0.15, -0.1) is 3.95 Å². The van der Waals surface area contributed by atoms with Crippen molar-refractivity contribution in [3.63, 3.8) is 0 Å². The first-order chi connectivity index (χ1) is 6.70. The summed E-state index contributed by atoms with van der Waals surface area (Å²) in [6.45, 7) is 3.96. The maximum absolute atomic E-state index is 11.1. The van der Waals surface area contributed by atoms with E-state index >= 15 is 0 Å². The van der Waals surface area contributed by atoms with Crippen LogP contribution in [0.3, 0.4) is 0 Å². The Balaban J connectivity index is 3.31. The second-order valence-electron chi connectivity index (χ2n) is 3.03. The van der Waals surface area contributed by atoms with E-state index in [-0.39, 0.29) is 12.5 Å². The van der Waals surface area contributed by atoms with Gasteiger partial charge in [0.25, 0.3) is 19.0 Å². The topological polar surface area (TPSA) is 55.3 Å². The summed E-state index contributed by atoms with van der Waals surface area (Å²) in [5.41, 5.74) is 5.33. The van der Waals surface area contributed by atoms with Crippen LogP contribution in [0.2, 0.25) is 0 Å². The number of carbonyl (C=O) groups is 1. The molecule has 0 unspecified atom stereocenters. The largest absolute Gasteiger partial charge is 0.461 e. The van der Waals surface area contributed by atoms with Gasteiger partial charge >= 0.3 is 5.97 Å². The molecule has 2 N–H and O–H groups in total. The van der Waals surface area contributed by atoms with E-state index in [0.29, 0.717) is 19.7 Å². The van der Waals surface area contributed by atoms with E-state index in [4.69, 9.17) is 22.9 Å². The molecular weight excluding hydrogens is 200 g/mol. The van der Waals surface area contributed by atoms with Crippen LogP contribution in [0.4, 0.5) is 0 Å². The van der Waals surface area contributed by atoms with Crippen molar-refractivity contribution < 1.29 is 13.5 Å². The predicted octanol–water partition coefficient (Wildman–Crippen LogP) is 0.421. The van der Waals surface area contributed by atoms with Crippen LogP contribution >= 0.6 is 0 Å². The highest BCUT2D eigenvalue weighted by molar-refractivity contribution is 7.44. The van der Waals surface area contributed by atoms with E-state index in [0.717, 1.165) is 19.3 Å². The first-order valence-corrected chi connectivity index (χ1v) is 5.35. The Morgan fingerprint density at radius 2 is 2.14 bits per heavy atom. The van der Waals surface area contributed by atoms with E-state index in [9.17, 15) is 4.79 Å². The van der Waals surface area contributed by atoms with Crippen molar-refractivity contribution in [1.29, 1.82) is 0 Å². The predicted molar refractivity (Wildman–Crippen MR) is 56.9 cm³/mol. The number of esters is 1. The van der Waals surface area contributed by atoms with Gasteiger partial charge in [0.05, 0.1) is 6.61 Å². The molecule has 0 aromatic heterocycles. The highest BCUT2D eigenvalue weighted by atomic mass is 32.1. The molecule has 0 saturated heterocycles.